The summed E-state index contributed by atoms with van der Waals surface area (Å²) >= 11 is 0. The van der Waals surface area contributed by atoms with Crippen LogP contribution in [0.1, 0.15) is 42.9 Å². The van der Waals surface area contributed by atoms with Gasteiger partial charge < -0.3 is 15.3 Å². The molecule has 0 aliphatic carbocycles. The Balaban J connectivity index is 1.59. The molecular formula is C20H27N3O. The van der Waals surface area contributed by atoms with Crippen molar-refractivity contribution >= 4 is 5.82 Å². The van der Waals surface area contributed by atoms with Gasteiger partial charge in [-0.05, 0) is 42.9 Å². The fourth-order valence-corrected chi connectivity index (χ4v) is 3.26. The van der Waals surface area contributed by atoms with E-state index in [9.17, 15) is 0 Å². The van der Waals surface area contributed by atoms with E-state index in [4.69, 9.17) is 5.11 Å². The second-order valence-corrected chi connectivity index (χ2v) is 6.43. The van der Waals surface area contributed by atoms with Gasteiger partial charge in [0.05, 0.1) is 0 Å². The topological polar surface area (TPSA) is 48.4 Å². The van der Waals surface area contributed by atoms with Gasteiger partial charge in [0.25, 0.3) is 0 Å². The molecule has 2 heterocycles. The Morgan fingerprint density at radius 1 is 1.08 bits per heavy atom. The van der Waals surface area contributed by atoms with Crippen molar-refractivity contribution in [2.75, 3.05) is 24.6 Å². The van der Waals surface area contributed by atoms with Crippen LogP contribution < -0.4 is 10.2 Å². The van der Waals surface area contributed by atoms with Gasteiger partial charge in [-0.3, -0.25) is 0 Å². The van der Waals surface area contributed by atoms with Crippen molar-refractivity contribution in [2.45, 2.75) is 38.3 Å². The molecule has 1 aromatic carbocycles. The van der Waals surface area contributed by atoms with Crippen molar-refractivity contribution in [3.8, 4) is 0 Å². The van der Waals surface area contributed by atoms with E-state index in [0.29, 0.717) is 0 Å². The number of hydrogen-bond acceptors (Lipinski definition) is 4. The van der Waals surface area contributed by atoms with Gasteiger partial charge in [0, 0.05) is 38.5 Å². The van der Waals surface area contributed by atoms with Crippen LogP contribution in [0, 0.1) is 0 Å². The monoisotopic (exact) mass is 325 g/mol. The minimum absolute atomic E-state index is 0.233. The Morgan fingerprint density at radius 2 is 1.88 bits per heavy atom. The minimum Gasteiger partial charge on any atom is -0.396 e. The Morgan fingerprint density at radius 3 is 2.54 bits per heavy atom. The molecule has 1 atom stereocenters. The maximum atomic E-state index is 9.14. The first-order valence-corrected chi connectivity index (χ1v) is 8.96. The van der Waals surface area contributed by atoms with Crippen LogP contribution in [0.2, 0.25) is 0 Å². The highest BCUT2D eigenvalue weighted by molar-refractivity contribution is 5.40. The first-order chi connectivity index (χ1) is 11.9. The number of hydrogen-bond donors (Lipinski definition) is 2. The second-order valence-electron chi connectivity index (χ2n) is 6.43. The van der Waals surface area contributed by atoms with E-state index in [-0.39, 0.29) is 12.6 Å². The highest BCUT2D eigenvalue weighted by atomic mass is 16.2. The van der Waals surface area contributed by atoms with Crippen molar-refractivity contribution < 1.29 is 5.11 Å². The molecule has 1 saturated heterocycles. The number of aliphatic hydroxyl groups excluding tert-OH is 1. The first kappa shape index (κ1) is 16.9. The summed E-state index contributed by atoms with van der Waals surface area (Å²) in [6, 6.07) is 15.0. The summed E-state index contributed by atoms with van der Waals surface area (Å²) in [6.45, 7) is 3.28. The average Bonchev–Trinajstić information content (AvgIpc) is 3.18. The Hall–Kier alpha value is -1.91. The van der Waals surface area contributed by atoms with Crippen molar-refractivity contribution in [1.82, 2.24) is 10.3 Å². The van der Waals surface area contributed by atoms with Crippen LogP contribution in [-0.2, 0) is 6.54 Å². The number of anilines is 1. The molecule has 2 aromatic rings. The third kappa shape index (κ3) is 4.56. The number of aromatic nitrogens is 1. The Bertz CT molecular complexity index is 594. The van der Waals surface area contributed by atoms with Gasteiger partial charge in [-0.1, -0.05) is 36.4 Å². The SMILES string of the molecule is OCCCC(NCc1ccc(N2CCCC2)nc1)c1ccccc1. The summed E-state index contributed by atoms with van der Waals surface area (Å²) < 4.78 is 0. The lowest BCUT2D eigenvalue weighted by Gasteiger charge is -2.20. The third-order valence-corrected chi connectivity index (χ3v) is 4.64. The van der Waals surface area contributed by atoms with E-state index in [1.165, 1.54) is 24.0 Å². The molecule has 1 aliphatic heterocycles. The van der Waals surface area contributed by atoms with Crippen LogP contribution in [0.4, 0.5) is 5.82 Å². The highest BCUT2D eigenvalue weighted by Crippen LogP contribution is 2.20. The molecule has 0 bridgehead atoms. The molecular weight excluding hydrogens is 298 g/mol. The Kier molecular flexibility index (Phi) is 6.21. The lowest BCUT2D eigenvalue weighted by Crippen LogP contribution is -2.22. The lowest BCUT2D eigenvalue weighted by molar-refractivity contribution is 0.275. The molecule has 1 fully saturated rings. The molecule has 2 N–H and O–H groups in total. The van der Waals surface area contributed by atoms with Crippen molar-refractivity contribution in [3.63, 3.8) is 0 Å². The zero-order valence-corrected chi connectivity index (χ0v) is 14.2. The molecule has 128 valence electrons. The van der Waals surface area contributed by atoms with E-state index >= 15 is 0 Å². The molecule has 0 saturated carbocycles. The van der Waals surface area contributed by atoms with Crippen LogP contribution in [0.5, 0.6) is 0 Å². The van der Waals surface area contributed by atoms with Gasteiger partial charge in [0.15, 0.2) is 0 Å². The number of pyridine rings is 1. The summed E-state index contributed by atoms with van der Waals surface area (Å²) in [7, 11) is 0. The minimum atomic E-state index is 0.233. The molecule has 0 amide bonds. The van der Waals surface area contributed by atoms with Crippen molar-refractivity contribution in [3.05, 3.63) is 59.8 Å². The average molecular weight is 325 g/mol. The van der Waals surface area contributed by atoms with Gasteiger partial charge in [-0.2, -0.15) is 0 Å². The molecule has 1 aliphatic rings. The summed E-state index contributed by atoms with van der Waals surface area (Å²) in [4.78, 5) is 6.97. The van der Waals surface area contributed by atoms with Crippen LogP contribution in [0.3, 0.4) is 0 Å². The molecule has 1 aromatic heterocycles. The normalized spacial score (nSPS) is 15.6. The number of nitrogens with zero attached hydrogens (tertiary/aromatic N) is 2. The van der Waals surface area contributed by atoms with Crippen LogP contribution >= 0.6 is 0 Å². The molecule has 4 nitrogen and oxygen atoms in total. The number of nitrogens with one attached hydrogen (secondary N) is 1. The van der Waals surface area contributed by atoms with Crippen LogP contribution in [0.25, 0.3) is 0 Å². The molecule has 3 rings (SSSR count). The summed E-state index contributed by atoms with van der Waals surface area (Å²) in [5, 5.41) is 12.8. The predicted octanol–water partition coefficient (Wildman–Crippen LogP) is 3.29. The second kappa shape index (κ2) is 8.81. The molecule has 24 heavy (non-hydrogen) atoms. The number of benzene rings is 1. The largest absolute Gasteiger partial charge is 0.396 e. The zero-order chi connectivity index (χ0) is 16.6. The Labute approximate surface area is 144 Å². The van der Waals surface area contributed by atoms with Gasteiger partial charge in [0.2, 0.25) is 0 Å². The van der Waals surface area contributed by atoms with Crippen molar-refractivity contribution in [1.29, 1.82) is 0 Å². The molecule has 1 unspecified atom stereocenters. The first-order valence-electron chi connectivity index (χ1n) is 8.96. The maximum absolute atomic E-state index is 9.14. The number of aliphatic hydroxyl groups is 1. The van der Waals surface area contributed by atoms with Gasteiger partial charge >= 0.3 is 0 Å². The van der Waals surface area contributed by atoms with Gasteiger partial charge in [-0.25, -0.2) is 4.98 Å². The molecule has 0 spiro atoms. The summed E-state index contributed by atoms with van der Waals surface area (Å²) in [5.74, 6) is 1.09. The fraction of sp³-hybridized carbons (Fsp3) is 0.450. The van der Waals surface area contributed by atoms with E-state index in [0.717, 1.165) is 38.3 Å². The van der Waals surface area contributed by atoms with Crippen molar-refractivity contribution in [2.24, 2.45) is 0 Å². The zero-order valence-electron chi connectivity index (χ0n) is 14.2. The van der Waals surface area contributed by atoms with Crippen LogP contribution in [0.15, 0.2) is 48.7 Å². The molecule has 4 heteroatoms. The van der Waals surface area contributed by atoms with E-state index in [2.05, 4.69) is 51.6 Å². The summed E-state index contributed by atoms with van der Waals surface area (Å²) in [6.07, 6.45) is 6.26. The van der Waals surface area contributed by atoms with Gasteiger partial charge in [0.1, 0.15) is 5.82 Å². The quantitative estimate of drug-likeness (QED) is 0.782. The van der Waals surface area contributed by atoms with E-state index in [1.807, 2.05) is 12.3 Å². The molecule has 0 radical (unpaired) electrons. The third-order valence-electron chi connectivity index (χ3n) is 4.64. The summed E-state index contributed by atoms with van der Waals surface area (Å²) in [5.41, 5.74) is 2.47. The fourth-order valence-electron chi connectivity index (χ4n) is 3.26. The standard InChI is InChI=1S/C20H27N3O/c24-14-6-9-19(18-7-2-1-3-8-18)21-15-17-10-11-20(22-16-17)23-12-4-5-13-23/h1-3,7-8,10-11,16,19,21,24H,4-6,9,12-15H2. The smallest absolute Gasteiger partial charge is 0.128 e. The van der Waals surface area contributed by atoms with Gasteiger partial charge in [-0.15, -0.1) is 0 Å². The predicted molar refractivity (Wildman–Crippen MR) is 98.0 cm³/mol. The number of rotatable bonds is 8. The lowest BCUT2D eigenvalue weighted by atomic mass is 10.0. The highest BCUT2D eigenvalue weighted by Gasteiger charge is 2.14. The maximum Gasteiger partial charge on any atom is 0.128 e. The van der Waals surface area contributed by atoms with E-state index < -0.39 is 0 Å². The van der Waals surface area contributed by atoms with E-state index in [1.54, 1.807) is 0 Å². The van der Waals surface area contributed by atoms with Crippen LogP contribution in [-0.4, -0.2) is 29.8 Å².